The third kappa shape index (κ3) is 19.7. The molecule has 0 radical (unpaired) electrons. The van der Waals surface area contributed by atoms with E-state index in [1.807, 2.05) is 67.8 Å². The number of methoxy groups -OCH3 is 6. The van der Waals surface area contributed by atoms with E-state index in [2.05, 4.69) is 128 Å². The number of aliphatic imine (C=N–C) groups is 2. The summed E-state index contributed by atoms with van der Waals surface area (Å²) in [5.74, 6) is -2.31. The van der Waals surface area contributed by atoms with Crippen molar-refractivity contribution in [3.63, 3.8) is 0 Å². The number of carboxylic acids is 1. The van der Waals surface area contributed by atoms with Crippen LogP contribution in [0.15, 0.2) is 132 Å². The Morgan fingerprint density at radius 1 is 0.470 bits per heavy atom. The van der Waals surface area contributed by atoms with Crippen molar-refractivity contribution in [1.82, 2.24) is 45.3 Å². The molecule has 6 aliphatic heterocycles. The van der Waals surface area contributed by atoms with Crippen LogP contribution in [0.2, 0.25) is 0 Å². The Balaban J connectivity index is 0.000000190. The molecule has 8 heterocycles. The number of carboxylic acid groups (broad SMARTS) is 1. The van der Waals surface area contributed by atoms with Crippen LogP contribution in [0, 0.1) is 29.6 Å². The van der Waals surface area contributed by atoms with Crippen LogP contribution in [-0.2, 0) is 62.0 Å². The minimum atomic E-state index is -1.04. The summed E-state index contributed by atoms with van der Waals surface area (Å²) in [6.07, 6.45) is 12.7. The van der Waals surface area contributed by atoms with Crippen LogP contribution >= 0.6 is 0 Å². The number of alkyl carbamates (subject to hydrolysis) is 1. The number of benzene rings is 6. The lowest BCUT2D eigenvalue weighted by Gasteiger charge is -2.31. The number of hydrogen-bond donors (Lipinski definition) is 5. The number of rotatable bonds is 27. The monoisotopic (exact) mass is 1600 g/mol. The number of ether oxygens (including phenoxy) is 6. The number of nitrogens with zero attached hydrogens (tertiary/aromatic N) is 7. The summed E-state index contributed by atoms with van der Waals surface area (Å²) < 4.78 is 30.0. The van der Waals surface area contributed by atoms with Crippen molar-refractivity contribution >= 4 is 114 Å². The molecule has 6 aromatic carbocycles. The van der Waals surface area contributed by atoms with Gasteiger partial charge in [0.15, 0.2) is 0 Å². The summed E-state index contributed by atoms with van der Waals surface area (Å²) >= 11 is 0. The molecule has 2 aromatic heterocycles. The Morgan fingerprint density at radius 3 is 1.28 bits per heavy atom. The fourth-order valence-corrected chi connectivity index (χ4v) is 17.0. The molecule has 0 spiro atoms. The number of esters is 3. The Hall–Kier alpha value is -11.0. The van der Waals surface area contributed by atoms with E-state index in [4.69, 9.17) is 48.7 Å². The number of nitrogens with one attached hydrogen (secondary N) is 4. The highest BCUT2D eigenvalue weighted by atomic mass is 16.5. The Labute approximate surface area is 683 Å². The van der Waals surface area contributed by atoms with Crippen molar-refractivity contribution in [2.45, 2.75) is 180 Å². The number of allylic oxidation sites excluding steroid dienone is 2. The lowest BCUT2D eigenvalue weighted by Crippen LogP contribution is -2.46. The van der Waals surface area contributed by atoms with E-state index in [9.17, 15) is 38.4 Å². The zero-order valence-corrected chi connectivity index (χ0v) is 69.2. The molecule has 26 heteroatoms. The van der Waals surface area contributed by atoms with Gasteiger partial charge in [0.05, 0.1) is 124 Å². The molecule has 14 rings (SSSR count). The fourth-order valence-electron chi connectivity index (χ4n) is 17.0. The van der Waals surface area contributed by atoms with Gasteiger partial charge in [0.2, 0.25) is 17.7 Å². The van der Waals surface area contributed by atoms with Gasteiger partial charge in [-0.15, -0.1) is 0 Å². The van der Waals surface area contributed by atoms with Gasteiger partial charge in [-0.25, -0.2) is 19.6 Å². The highest BCUT2D eigenvalue weighted by Crippen LogP contribution is 2.40. The molecule has 0 aliphatic carbocycles. The first-order chi connectivity index (χ1) is 56.5. The summed E-state index contributed by atoms with van der Waals surface area (Å²) in [5.41, 5.74) is 14.8. The van der Waals surface area contributed by atoms with E-state index < -0.39 is 60.0 Å². The van der Waals surface area contributed by atoms with Crippen LogP contribution in [0.5, 0.6) is 0 Å². The predicted octanol–water partition coefficient (Wildman–Crippen LogP) is 14.7. The molecule has 5 N–H and O–H groups in total. The number of fused-ring (bicyclic) bond motifs is 4. The largest absolute Gasteiger partial charge is 0.480 e. The molecular formula is C91H111N11O15. The molecule has 620 valence electrons. The summed E-state index contributed by atoms with van der Waals surface area (Å²) in [7, 11) is 8.36. The van der Waals surface area contributed by atoms with E-state index in [0.717, 1.165) is 153 Å². The van der Waals surface area contributed by atoms with Crippen molar-refractivity contribution in [2.75, 3.05) is 68.8 Å². The van der Waals surface area contributed by atoms with Gasteiger partial charge < -0.3 is 68.8 Å². The van der Waals surface area contributed by atoms with Crippen molar-refractivity contribution < 1.29 is 71.9 Å². The highest BCUT2D eigenvalue weighted by Gasteiger charge is 2.43. The second-order valence-electron chi connectivity index (χ2n) is 31.6. The average molecular weight is 1600 g/mol. The first kappa shape index (κ1) is 85.4. The van der Waals surface area contributed by atoms with Crippen LogP contribution in [-0.4, -0.2) is 198 Å². The number of amides is 4. The molecule has 0 bridgehead atoms. The standard InChI is InChI=1S/C46H55N5O7.C37H41N5O4.C8H15NO4/c1-7-27(2)35(24-42(52)57-5)45(54)51-19-9-11-41(51)44-48-37-17-16-33(22-38(37)49-44)31-13-12-30-21-32(15-14-29(30)20-31)34-23-39(47-26-34)40-10-8-18-50(40)46(55)36(28(3)56-4)25-43(53)58-6;1-22(45-2)29(20-35(43)46-3)37(44)42-15-5-7-34(42)33-19-28(21-39-33)26-11-10-23-16-25(9-8-24(23)17-26)27-12-13-30-32(18-27)41-36(40-30)31-6-4-14-38-31;1-4-5(2)6(7(10)11)9-8(12)13-3/h12-17,20-22,26-28,35-36,40-41H,7-11,18-19,23-25H2,1-6H3,(H,48,49);8-13,16-18,21-22,29,31,34,38H,4-7,14-15,19-20H2,1-3H3,(H,40,41);5-6H,4H2,1-3H3,(H,9,12)(H,10,11)/t27-,28+,35-,36-,40-,41-;22-,29+,31+,34+;5-,6-/m010/s1. The lowest BCUT2D eigenvalue weighted by atomic mass is 9.87. The first-order valence-corrected chi connectivity index (χ1v) is 41.0. The van der Waals surface area contributed by atoms with Crippen molar-refractivity contribution in [2.24, 2.45) is 39.6 Å². The Morgan fingerprint density at radius 2 is 0.863 bits per heavy atom. The van der Waals surface area contributed by atoms with Gasteiger partial charge in [0, 0.05) is 70.5 Å². The zero-order chi connectivity index (χ0) is 83.3. The molecule has 8 aromatic rings. The van der Waals surface area contributed by atoms with Crippen LogP contribution < -0.4 is 10.6 Å². The molecule has 117 heavy (non-hydrogen) atoms. The number of H-pyrrole nitrogens is 2. The van der Waals surface area contributed by atoms with E-state index in [0.29, 0.717) is 44.9 Å². The predicted molar refractivity (Wildman–Crippen MR) is 450 cm³/mol. The van der Waals surface area contributed by atoms with Crippen LogP contribution in [0.1, 0.15) is 173 Å². The van der Waals surface area contributed by atoms with Gasteiger partial charge in [-0.2, -0.15) is 0 Å². The average Bonchev–Trinajstić information content (AvgIpc) is 1.64. The zero-order valence-electron chi connectivity index (χ0n) is 69.2. The van der Waals surface area contributed by atoms with Gasteiger partial charge >= 0.3 is 30.0 Å². The number of aromatic amines is 2. The van der Waals surface area contributed by atoms with Gasteiger partial charge in [0.25, 0.3) is 0 Å². The van der Waals surface area contributed by atoms with Crippen molar-refractivity contribution in [1.29, 1.82) is 0 Å². The van der Waals surface area contributed by atoms with Crippen LogP contribution in [0.25, 0.3) is 77.0 Å². The van der Waals surface area contributed by atoms with E-state index in [1.54, 1.807) is 21.1 Å². The van der Waals surface area contributed by atoms with Gasteiger partial charge in [-0.05, 0) is 198 Å². The van der Waals surface area contributed by atoms with Gasteiger partial charge in [-0.3, -0.25) is 38.8 Å². The highest BCUT2D eigenvalue weighted by molar-refractivity contribution is 6.06. The van der Waals surface area contributed by atoms with E-state index >= 15 is 0 Å². The molecule has 6 aliphatic rings. The molecule has 26 nitrogen and oxygen atoms in total. The minimum absolute atomic E-state index is 0.000812. The van der Waals surface area contributed by atoms with E-state index in [1.165, 1.54) is 51.2 Å². The minimum Gasteiger partial charge on any atom is -0.480 e. The number of carbonyl (C=O) groups is 8. The fraction of sp³-hybridized carbons (Fsp3) is 0.473. The molecular weight excluding hydrogens is 1490 g/mol. The van der Waals surface area contributed by atoms with Crippen LogP contribution in [0.4, 0.5) is 4.79 Å². The quantitative estimate of drug-likeness (QED) is 0.0236. The molecule has 0 saturated carbocycles. The number of aromatic nitrogens is 4. The molecule has 4 fully saturated rings. The summed E-state index contributed by atoms with van der Waals surface area (Å²) in [6, 6.07) is 37.9. The third-order valence-electron chi connectivity index (χ3n) is 24.6. The van der Waals surface area contributed by atoms with Crippen LogP contribution in [0.3, 0.4) is 0 Å². The molecule has 4 amide bonds. The number of aliphatic carboxylic acids is 1. The topological polar surface area (TPSA) is 328 Å². The SMILES string of the molecule is CC[C@H](C)[C@H](CC(=O)OC)C(=O)N1CCC[C@H]1c1nc2ccc(-c3ccc4cc(C5=CN=C([C@@H]6CCCN6C(=O)[C@@H](CC(=O)OC)[C@@H](C)OC)C5)ccc4c3)cc2[nH]1.CC[C@H](C)[C@H](NC(=O)OC)C(=O)O.COC(=O)C[C@H](C(=O)N1CCC[C@H]1C1=NC=C(c2ccc3cc(-c4ccc5nc([C@@H]6CCCN6)[nH]c5c4)ccc3c2)C1)[C@@H](C)OC. The second kappa shape index (κ2) is 38.9. The summed E-state index contributed by atoms with van der Waals surface area (Å²) in [6.45, 7) is 14.3. The number of imidazole rings is 2. The smallest absolute Gasteiger partial charge is 0.407 e. The van der Waals surface area contributed by atoms with Crippen molar-refractivity contribution in [3.8, 4) is 22.3 Å². The van der Waals surface area contributed by atoms with Gasteiger partial charge in [-0.1, -0.05) is 101 Å². The van der Waals surface area contributed by atoms with Gasteiger partial charge in [0.1, 0.15) is 17.7 Å². The molecule has 12 atom stereocenters. The Kier molecular flexibility index (Phi) is 28.4. The Bertz CT molecular complexity index is 5110. The number of carbonyl (C=O) groups excluding carboxylic acids is 7. The number of hydrogen-bond acceptors (Lipinski definition) is 19. The summed E-state index contributed by atoms with van der Waals surface area (Å²) in [5, 5.41) is 19.1. The summed E-state index contributed by atoms with van der Waals surface area (Å²) in [4.78, 5) is 131. The van der Waals surface area contributed by atoms with E-state index in [-0.39, 0.29) is 72.9 Å². The maximum absolute atomic E-state index is 13.9. The normalized spacial score (nSPS) is 19.9. The lowest BCUT2D eigenvalue weighted by molar-refractivity contribution is -0.150. The molecule has 4 saturated heterocycles. The molecule has 0 unspecified atom stereocenters. The maximum atomic E-state index is 13.9. The third-order valence-corrected chi connectivity index (χ3v) is 24.6. The number of likely N-dealkylation sites (tertiary alicyclic amines) is 3. The maximum Gasteiger partial charge on any atom is 0.407 e. The first-order valence-electron chi connectivity index (χ1n) is 41.0. The van der Waals surface area contributed by atoms with Crippen molar-refractivity contribution in [3.05, 3.63) is 144 Å². The second-order valence-corrected chi connectivity index (χ2v) is 31.6.